The molecule has 0 aromatic heterocycles. The minimum Gasteiger partial charge on any atom is -0.322 e. The van der Waals surface area contributed by atoms with E-state index in [1.807, 2.05) is 0 Å². The van der Waals surface area contributed by atoms with Gasteiger partial charge in [-0.05, 0) is 10.6 Å². The molecule has 2 N–H and O–H groups in total. The summed E-state index contributed by atoms with van der Waals surface area (Å²) in [5.41, 5.74) is 7.10. The van der Waals surface area contributed by atoms with Gasteiger partial charge in [0, 0.05) is 4.91 Å². The van der Waals surface area contributed by atoms with Crippen LogP contribution in [0.25, 0.3) is 10.4 Å². The van der Waals surface area contributed by atoms with Crippen molar-refractivity contribution < 1.29 is 4.79 Å². The summed E-state index contributed by atoms with van der Waals surface area (Å²) in [7, 11) is 0. The van der Waals surface area contributed by atoms with Gasteiger partial charge in [0.1, 0.15) is 6.07 Å². The molecule has 7 nitrogen and oxygen atoms in total. The number of nitrogens with zero attached hydrogens (tertiary/aromatic N) is 5. The maximum atomic E-state index is 10.4. The third-order valence-electron chi connectivity index (χ3n) is 0.573. The lowest BCUT2D eigenvalue weighted by Gasteiger charge is -1.81. The van der Waals surface area contributed by atoms with Gasteiger partial charge in [-0.2, -0.15) is 10.4 Å². The molecule has 0 atom stereocenters. The first-order valence-electron chi connectivity index (χ1n) is 2.03. The number of carbonyl (C=O) groups is 1. The molecule has 0 radical (unpaired) electrons. The topological polar surface area (TPSA) is 128 Å². The van der Waals surface area contributed by atoms with E-state index in [2.05, 4.69) is 21.0 Å². The quantitative estimate of drug-likeness (QED) is 0.133. The molecule has 0 fully saturated rings. The van der Waals surface area contributed by atoms with Crippen molar-refractivity contribution in [2.75, 3.05) is 0 Å². The molecular weight excluding hydrogens is 136 g/mol. The van der Waals surface area contributed by atoms with Crippen molar-refractivity contribution in [2.24, 2.45) is 16.1 Å². The van der Waals surface area contributed by atoms with Gasteiger partial charge in [0.2, 0.25) is 5.71 Å². The second kappa shape index (κ2) is 3.88. The molecule has 50 valence electrons. The summed E-state index contributed by atoms with van der Waals surface area (Å²) in [6.07, 6.45) is 0. The number of rotatable bonds is 1. The van der Waals surface area contributed by atoms with Crippen LogP contribution in [-0.4, -0.2) is 11.6 Å². The predicted octanol–water partition coefficient (Wildman–Crippen LogP) is -0.338. The number of amides is 1. The van der Waals surface area contributed by atoms with Crippen LogP contribution < -0.4 is 5.84 Å². The normalized spacial score (nSPS) is 9.30. The van der Waals surface area contributed by atoms with Gasteiger partial charge < -0.3 is 5.84 Å². The summed E-state index contributed by atoms with van der Waals surface area (Å²) in [5, 5.41) is 13.4. The van der Waals surface area contributed by atoms with E-state index in [4.69, 9.17) is 10.8 Å². The standard InChI is InChI=1S/C3H2N6O/c4-1-2(7-5)3(10)8-9-6/h5H2/b7-2-. The van der Waals surface area contributed by atoms with Crippen molar-refractivity contribution in [3.05, 3.63) is 10.4 Å². The molecule has 0 rings (SSSR count). The first kappa shape index (κ1) is 7.94. The Morgan fingerprint density at radius 2 is 2.40 bits per heavy atom. The Labute approximate surface area is 55.4 Å². The van der Waals surface area contributed by atoms with Gasteiger partial charge in [-0.25, -0.2) is 0 Å². The van der Waals surface area contributed by atoms with E-state index < -0.39 is 11.6 Å². The number of carbonyl (C=O) groups excluding carboxylic acids is 1. The molecule has 0 heterocycles. The maximum Gasteiger partial charge on any atom is 0.279 e. The Kier molecular flexibility index (Phi) is 3.08. The van der Waals surface area contributed by atoms with Crippen molar-refractivity contribution in [1.82, 2.24) is 0 Å². The van der Waals surface area contributed by atoms with Crippen LogP contribution in [0.3, 0.4) is 0 Å². The molecule has 1 amide bonds. The zero-order valence-electron chi connectivity index (χ0n) is 4.72. The Balaban J connectivity index is 4.52. The SMILES string of the molecule is N#C/C(=N/N)C(=O)N=[N+]=[N-]. The maximum absolute atomic E-state index is 10.4. The highest BCUT2D eigenvalue weighted by atomic mass is 16.1. The largest absolute Gasteiger partial charge is 0.322 e. The minimum absolute atomic E-state index is 0.613. The first-order valence-corrected chi connectivity index (χ1v) is 2.03. The molecule has 0 aromatic rings. The van der Waals surface area contributed by atoms with Crippen LogP contribution in [0.5, 0.6) is 0 Å². The van der Waals surface area contributed by atoms with E-state index in [-0.39, 0.29) is 0 Å². The predicted molar refractivity (Wildman–Crippen MR) is 31.4 cm³/mol. The van der Waals surface area contributed by atoms with E-state index in [9.17, 15) is 4.79 Å². The van der Waals surface area contributed by atoms with E-state index in [0.717, 1.165) is 0 Å². The summed E-state index contributed by atoms with van der Waals surface area (Å²) >= 11 is 0. The highest BCUT2D eigenvalue weighted by molar-refractivity contribution is 6.45. The Bertz CT molecular complexity index is 253. The molecule has 0 unspecified atom stereocenters. The van der Waals surface area contributed by atoms with E-state index in [0.29, 0.717) is 0 Å². The molecule has 10 heavy (non-hydrogen) atoms. The van der Waals surface area contributed by atoms with Gasteiger partial charge in [-0.15, -0.1) is 0 Å². The second-order valence-corrected chi connectivity index (χ2v) is 1.08. The van der Waals surface area contributed by atoms with Gasteiger partial charge in [-0.1, -0.05) is 0 Å². The van der Waals surface area contributed by atoms with Crippen molar-refractivity contribution in [2.45, 2.75) is 0 Å². The molecule has 0 aromatic carbocycles. The van der Waals surface area contributed by atoms with Crippen LogP contribution in [0.1, 0.15) is 0 Å². The zero-order chi connectivity index (χ0) is 7.98. The van der Waals surface area contributed by atoms with Crippen LogP contribution in [0.2, 0.25) is 0 Å². The van der Waals surface area contributed by atoms with Crippen molar-refractivity contribution in [3.8, 4) is 6.07 Å². The number of hydrazone groups is 1. The van der Waals surface area contributed by atoms with Crippen molar-refractivity contribution >= 4 is 11.6 Å². The van der Waals surface area contributed by atoms with Crippen LogP contribution in [0.4, 0.5) is 0 Å². The Morgan fingerprint density at radius 3 is 2.70 bits per heavy atom. The fraction of sp³-hybridized carbons (Fsp3) is 0. The van der Waals surface area contributed by atoms with Gasteiger partial charge in [0.05, 0.1) is 0 Å². The van der Waals surface area contributed by atoms with E-state index in [1.54, 1.807) is 0 Å². The molecule has 0 aliphatic rings. The summed E-state index contributed by atoms with van der Waals surface area (Å²) < 4.78 is 0. The Hall–Kier alpha value is -2.06. The molecular formula is C3H2N6O. The average molecular weight is 138 g/mol. The van der Waals surface area contributed by atoms with Gasteiger partial charge in [-0.3, -0.25) is 4.79 Å². The van der Waals surface area contributed by atoms with E-state index >= 15 is 0 Å². The fourth-order valence-electron chi connectivity index (χ4n) is 0.220. The summed E-state index contributed by atoms with van der Waals surface area (Å²) in [4.78, 5) is 12.5. The molecule has 7 heteroatoms. The number of azide groups is 1. The van der Waals surface area contributed by atoms with Gasteiger partial charge in [0.15, 0.2) is 0 Å². The summed E-state index contributed by atoms with van der Waals surface area (Å²) in [6.45, 7) is 0. The lowest BCUT2D eigenvalue weighted by Crippen LogP contribution is -2.09. The molecule has 0 bridgehead atoms. The molecule has 0 saturated carbocycles. The van der Waals surface area contributed by atoms with Crippen LogP contribution in [0.15, 0.2) is 10.2 Å². The van der Waals surface area contributed by atoms with Gasteiger partial charge >= 0.3 is 0 Å². The number of nitrogens with two attached hydrogens (primary N) is 1. The number of nitriles is 1. The summed E-state index contributed by atoms with van der Waals surface area (Å²) in [5.74, 6) is 3.50. The molecule has 0 spiro atoms. The number of hydrogen-bond donors (Lipinski definition) is 1. The number of hydrogen-bond acceptors (Lipinski definition) is 4. The summed E-state index contributed by atoms with van der Waals surface area (Å²) in [6, 6.07) is 1.35. The van der Waals surface area contributed by atoms with Crippen molar-refractivity contribution in [1.29, 1.82) is 5.26 Å². The highest BCUT2D eigenvalue weighted by Gasteiger charge is 2.05. The lowest BCUT2D eigenvalue weighted by molar-refractivity contribution is -0.111. The first-order chi connectivity index (χ1) is 4.76. The smallest absolute Gasteiger partial charge is 0.279 e. The zero-order valence-corrected chi connectivity index (χ0v) is 4.72. The lowest BCUT2D eigenvalue weighted by atomic mass is 10.4. The van der Waals surface area contributed by atoms with Crippen LogP contribution >= 0.6 is 0 Å². The van der Waals surface area contributed by atoms with E-state index in [1.165, 1.54) is 6.07 Å². The third-order valence-corrected chi connectivity index (χ3v) is 0.573. The van der Waals surface area contributed by atoms with Crippen molar-refractivity contribution in [3.63, 3.8) is 0 Å². The highest BCUT2D eigenvalue weighted by Crippen LogP contribution is 1.79. The molecule has 0 saturated heterocycles. The monoisotopic (exact) mass is 138 g/mol. The molecule has 0 aliphatic heterocycles. The Morgan fingerprint density at radius 1 is 1.80 bits per heavy atom. The fourth-order valence-corrected chi connectivity index (χ4v) is 0.220. The second-order valence-electron chi connectivity index (χ2n) is 1.08. The third kappa shape index (κ3) is 1.81. The average Bonchev–Trinajstić information content (AvgIpc) is 1.91. The minimum atomic E-state index is -1.08. The molecule has 0 aliphatic carbocycles. The van der Waals surface area contributed by atoms with Gasteiger partial charge in [0.25, 0.3) is 5.91 Å². The van der Waals surface area contributed by atoms with Crippen LogP contribution in [0, 0.1) is 11.3 Å². The van der Waals surface area contributed by atoms with Crippen LogP contribution in [-0.2, 0) is 4.79 Å².